The van der Waals surface area contributed by atoms with Crippen LogP contribution in [0.3, 0.4) is 0 Å². The topological polar surface area (TPSA) is 58.6 Å². The molecular weight excluding hydrogens is 376 g/mol. The highest BCUT2D eigenvalue weighted by atomic mass is 16.5. The van der Waals surface area contributed by atoms with E-state index >= 15 is 0 Å². The molecule has 0 saturated carbocycles. The average Bonchev–Trinajstić information content (AvgIpc) is 2.75. The molecule has 0 saturated heterocycles. The van der Waals surface area contributed by atoms with Crippen molar-refractivity contribution in [3.05, 3.63) is 65.2 Å². The molecule has 2 aromatic carbocycles. The van der Waals surface area contributed by atoms with Gasteiger partial charge in [0, 0.05) is 12.6 Å². The quantitative estimate of drug-likeness (QED) is 0.643. The molecule has 5 heteroatoms. The molecule has 2 atom stereocenters. The summed E-state index contributed by atoms with van der Waals surface area (Å²) in [5, 5.41) is 2.98. The predicted octanol–water partition coefficient (Wildman–Crippen LogP) is 4.06. The van der Waals surface area contributed by atoms with Crippen LogP contribution in [0.1, 0.15) is 43.9 Å². The van der Waals surface area contributed by atoms with Crippen molar-refractivity contribution in [2.45, 2.75) is 59.5 Å². The Morgan fingerprint density at radius 2 is 1.73 bits per heavy atom. The Labute approximate surface area is 180 Å². The van der Waals surface area contributed by atoms with Gasteiger partial charge in [-0.1, -0.05) is 49.4 Å². The molecule has 0 aliphatic carbocycles. The molecule has 0 unspecified atom stereocenters. The fourth-order valence-electron chi connectivity index (χ4n) is 3.14. The molecule has 0 spiro atoms. The van der Waals surface area contributed by atoms with Gasteiger partial charge >= 0.3 is 0 Å². The summed E-state index contributed by atoms with van der Waals surface area (Å²) in [6.07, 6.45) is 1.52. The lowest BCUT2D eigenvalue weighted by Crippen LogP contribution is -2.51. The number of aryl methyl sites for hydroxylation is 1. The number of hydrogen-bond acceptors (Lipinski definition) is 3. The van der Waals surface area contributed by atoms with E-state index in [1.807, 2.05) is 76.2 Å². The highest BCUT2D eigenvalue weighted by molar-refractivity contribution is 5.88. The number of carbonyl (C=O) groups excluding carboxylic acids is 2. The van der Waals surface area contributed by atoms with Crippen LogP contribution in [-0.2, 0) is 16.0 Å². The number of rotatable bonds is 10. The van der Waals surface area contributed by atoms with Gasteiger partial charge in [0.05, 0.1) is 0 Å². The zero-order chi connectivity index (χ0) is 22.1. The monoisotopic (exact) mass is 410 g/mol. The van der Waals surface area contributed by atoms with E-state index in [-0.39, 0.29) is 24.5 Å². The fraction of sp³-hybridized carbons (Fsp3) is 0.440. The highest BCUT2D eigenvalue weighted by Crippen LogP contribution is 2.20. The number of nitrogens with one attached hydrogen (secondary N) is 1. The molecule has 0 fully saturated rings. The van der Waals surface area contributed by atoms with E-state index in [0.717, 1.165) is 23.1 Å². The molecule has 0 radical (unpaired) electrons. The fourth-order valence-corrected chi connectivity index (χ4v) is 3.14. The van der Waals surface area contributed by atoms with Crippen LogP contribution < -0.4 is 10.1 Å². The van der Waals surface area contributed by atoms with E-state index in [1.54, 1.807) is 11.8 Å². The lowest BCUT2D eigenvalue weighted by Gasteiger charge is -2.29. The van der Waals surface area contributed by atoms with Gasteiger partial charge in [0.2, 0.25) is 5.91 Å². The number of amides is 2. The lowest BCUT2D eigenvalue weighted by atomic mass is 10.1. The summed E-state index contributed by atoms with van der Waals surface area (Å²) >= 11 is 0. The number of benzene rings is 2. The molecule has 30 heavy (non-hydrogen) atoms. The van der Waals surface area contributed by atoms with Gasteiger partial charge in [-0.15, -0.1) is 0 Å². The third-order valence-electron chi connectivity index (χ3n) is 5.56. The van der Waals surface area contributed by atoms with Crippen LogP contribution in [0.5, 0.6) is 5.75 Å². The van der Waals surface area contributed by atoms with Gasteiger partial charge in [0.15, 0.2) is 6.61 Å². The van der Waals surface area contributed by atoms with Gasteiger partial charge < -0.3 is 15.0 Å². The van der Waals surface area contributed by atoms with Gasteiger partial charge in [-0.25, -0.2) is 0 Å². The molecule has 0 aromatic heterocycles. The van der Waals surface area contributed by atoms with Crippen molar-refractivity contribution < 1.29 is 14.3 Å². The Morgan fingerprint density at radius 1 is 1.03 bits per heavy atom. The maximum absolute atomic E-state index is 13.1. The van der Waals surface area contributed by atoms with E-state index in [2.05, 4.69) is 5.32 Å². The first-order valence-corrected chi connectivity index (χ1v) is 10.7. The van der Waals surface area contributed by atoms with Crippen molar-refractivity contribution in [3.63, 3.8) is 0 Å². The minimum absolute atomic E-state index is 0.0669. The minimum Gasteiger partial charge on any atom is -0.483 e. The number of carbonyl (C=O) groups is 2. The van der Waals surface area contributed by atoms with Gasteiger partial charge in [0.25, 0.3) is 5.91 Å². The van der Waals surface area contributed by atoms with Crippen LogP contribution in [0.15, 0.2) is 48.5 Å². The molecule has 0 bridgehead atoms. The minimum atomic E-state index is -0.572. The molecule has 0 heterocycles. The third kappa shape index (κ3) is 6.61. The maximum Gasteiger partial charge on any atom is 0.261 e. The summed E-state index contributed by atoms with van der Waals surface area (Å²) < 4.78 is 5.82. The molecule has 0 aliphatic heterocycles. The summed E-state index contributed by atoms with van der Waals surface area (Å²) in [6, 6.07) is 15.3. The van der Waals surface area contributed by atoms with E-state index in [4.69, 9.17) is 4.74 Å². The van der Waals surface area contributed by atoms with E-state index in [0.29, 0.717) is 18.7 Å². The van der Waals surface area contributed by atoms with Gasteiger partial charge in [-0.2, -0.15) is 0 Å². The van der Waals surface area contributed by atoms with Crippen LogP contribution in [-0.4, -0.2) is 41.9 Å². The Kier molecular flexibility index (Phi) is 8.90. The summed E-state index contributed by atoms with van der Waals surface area (Å²) in [5.41, 5.74) is 3.26. The maximum atomic E-state index is 13.1. The molecular formula is C25H34N2O3. The van der Waals surface area contributed by atoms with Gasteiger partial charge in [-0.05, 0) is 63.3 Å². The number of nitrogens with zero attached hydrogens (tertiary/aromatic N) is 1. The predicted molar refractivity (Wildman–Crippen MR) is 121 cm³/mol. The summed E-state index contributed by atoms with van der Waals surface area (Å²) in [6.45, 7) is 10.1. The first-order chi connectivity index (χ1) is 14.3. The van der Waals surface area contributed by atoms with Crippen LogP contribution >= 0.6 is 0 Å². The van der Waals surface area contributed by atoms with E-state index in [1.165, 1.54) is 0 Å². The second-order valence-corrected chi connectivity index (χ2v) is 7.80. The van der Waals surface area contributed by atoms with Crippen molar-refractivity contribution in [1.29, 1.82) is 0 Å². The first kappa shape index (κ1) is 23.5. The van der Waals surface area contributed by atoms with Gasteiger partial charge in [-0.3, -0.25) is 9.59 Å². The smallest absolute Gasteiger partial charge is 0.261 e. The van der Waals surface area contributed by atoms with Crippen LogP contribution in [0.2, 0.25) is 0 Å². The Hall–Kier alpha value is -2.82. The molecule has 1 N–H and O–H groups in total. The summed E-state index contributed by atoms with van der Waals surface area (Å²) in [4.78, 5) is 27.4. The van der Waals surface area contributed by atoms with E-state index < -0.39 is 6.04 Å². The van der Waals surface area contributed by atoms with E-state index in [9.17, 15) is 9.59 Å². The molecule has 2 rings (SSSR count). The van der Waals surface area contributed by atoms with Crippen LogP contribution in [0, 0.1) is 13.8 Å². The SMILES string of the molecule is CC[C@H](C)NC(=O)[C@H](C)N(CCc1ccccc1)C(=O)COc1cccc(C)c1C. The number of hydrogen-bond donors (Lipinski definition) is 1. The standard InChI is InChI=1S/C25H34N2O3/c1-6-19(3)26-25(29)21(5)27(16-15-22-12-8-7-9-13-22)24(28)17-30-23-14-10-11-18(2)20(23)4/h7-14,19,21H,6,15-17H2,1-5H3,(H,26,29)/t19-,21-/m0/s1. The number of ether oxygens (including phenoxy) is 1. The largest absolute Gasteiger partial charge is 0.483 e. The van der Waals surface area contributed by atoms with Crippen LogP contribution in [0.4, 0.5) is 0 Å². The zero-order valence-electron chi connectivity index (χ0n) is 18.8. The molecule has 162 valence electrons. The lowest BCUT2D eigenvalue weighted by molar-refractivity contribution is -0.141. The normalized spacial score (nSPS) is 12.7. The molecule has 5 nitrogen and oxygen atoms in total. The highest BCUT2D eigenvalue weighted by Gasteiger charge is 2.26. The summed E-state index contributed by atoms with van der Waals surface area (Å²) in [5.74, 6) is 0.360. The van der Waals surface area contributed by atoms with Crippen molar-refractivity contribution in [1.82, 2.24) is 10.2 Å². The average molecular weight is 411 g/mol. The third-order valence-corrected chi connectivity index (χ3v) is 5.56. The molecule has 2 amide bonds. The Balaban J connectivity index is 2.10. The Bertz CT molecular complexity index is 836. The van der Waals surface area contributed by atoms with Crippen LogP contribution in [0.25, 0.3) is 0 Å². The van der Waals surface area contributed by atoms with Gasteiger partial charge in [0.1, 0.15) is 11.8 Å². The summed E-state index contributed by atoms with van der Waals surface area (Å²) in [7, 11) is 0. The Morgan fingerprint density at radius 3 is 2.40 bits per heavy atom. The molecule has 0 aliphatic rings. The van der Waals surface area contributed by atoms with Crippen molar-refractivity contribution >= 4 is 11.8 Å². The van der Waals surface area contributed by atoms with Crippen molar-refractivity contribution in [3.8, 4) is 5.75 Å². The zero-order valence-corrected chi connectivity index (χ0v) is 18.8. The van der Waals surface area contributed by atoms with Crippen molar-refractivity contribution in [2.75, 3.05) is 13.2 Å². The first-order valence-electron chi connectivity index (χ1n) is 10.7. The second kappa shape index (κ2) is 11.4. The second-order valence-electron chi connectivity index (χ2n) is 7.80. The van der Waals surface area contributed by atoms with Crippen molar-refractivity contribution in [2.24, 2.45) is 0 Å². The molecule has 2 aromatic rings.